The zero-order chi connectivity index (χ0) is 6.85. The van der Waals surface area contributed by atoms with Crippen LogP contribution in [0, 0.1) is 0 Å². The summed E-state index contributed by atoms with van der Waals surface area (Å²) in [5, 5.41) is 0. The SMILES string of the molecule is CCN1C=CN(C)C1Cl.Cl.[AlH3]. The van der Waals surface area contributed by atoms with Crippen LogP contribution in [0.15, 0.2) is 12.4 Å². The lowest BCUT2D eigenvalue weighted by molar-refractivity contribution is 0.265. The van der Waals surface area contributed by atoms with Gasteiger partial charge in [-0.15, -0.1) is 12.4 Å². The van der Waals surface area contributed by atoms with Gasteiger partial charge in [-0.1, -0.05) is 11.6 Å². The topological polar surface area (TPSA) is 6.48 Å². The number of halogens is 2. The Kier molecular flexibility index (Phi) is 7.67. The van der Waals surface area contributed by atoms with Gasteiger partial charge in [-0.25, -0.2) is 0 Å². The molecule has 0 aromatic heterocycles. The molecule has 0 amide bonds. The highest BCUT2D eigenvalue weighted by atomic mass is 35.5. The lowest BCUT2D eigenvalue weighted by Gasteiger charge is -2.22. The summed E-state index contributed by atoms with van der Waals surface area (Å²) in [6.45, 7) is 3.05. The number of nitrogens with zero attached hydrogens (tertiary/aromatic N) is 2. The van der Waals surface area contributed by atoms with Gasteiger partial charge in [0.2, 0.25) is 0 Å². The highest BCUT2D eigenvalue weighted by molar-refractivity contribution is 6.20. The van der Waals surface area contributed by atoms with Gasteiger partial charge in [-0.05, 0) is 6.92 Å². The maximum atomic E-state index is 5.92. The minimum atomic E-state index is 0. The third-order valence-electron chi connectivity index (χ3n) is 1.47. The molecule has 0 spiro atoms. The van der Waals surface area contributed by atoms with Crippen LogP contribution < -0.4 is 0 Å². The lowest BCUT2D eigenvalue weighted by Crippen LogP contribution is -2.30. The van der Waals surface area contributed by atoms with E-state index in [1.54, 1.807) is 0 Å². The van der Waals surface area contributed by atoms with Gasteiger partial charge < -0.3 is 9.80 Å². The normalized spacial score (nSPS) is 21.2. The zero-order valence-electron chi connectivity index (χ0n) is 6.12. The van der Waals surface area contributed by atoms with E-state index in [-0.39, 0.29) is 35.4 Å². The molecule has 0 saturated heterocycles. The van der Waals surface area contributed by atoms with E-state index in [1.807, 2.05) is 24.3 Å². The predicted molar refractivity (Wildman–Crippen MR) is 56.1 cm³/mol. The molecule has 0 N–H and O–H groups in total. The molecule has 1 rings (SSSR count). The van der Waals surface area contributed by atoms with Crippen molar-refractivity contribution in [3.8, 4) is 0 Å². The quantitative estimate of drug-likeness (QED) is 0.355. The Labute approximate surface area is 89.7 Å². The van der Waals surface area contributed by atoms with Crippen LogP contribution in [0.25, 0.3) is 0 Å². The minimum Gasteiger partial charge on any atom is -0.347 e. The molecule has 5 heteroatoms. The van der Waals surface area contributed by atoms with E-state index in [1.165, 1.54) is 0 Å². The van der Waals surface area contributed by atoms with Crippen molar-refractivity contribution in [2.75, 3.05) is 13.6 Å². The first kappa shape index (κ1) is 14.0. The molecule has 0 radical (unpaired) electrons. The van der Waals surface area contributed by atoms with Crippen LogP contribution >= 0.6 is 24.0 Å². The fourth-order valence-corrected chi connectivity index (χ4v) is 1.09. The van der Waals surface area contributed by atoms with Gasteiger partial charge in [0, 0.05) is 26.0 Å². The molecule has 0 saturated carbocycles. The van der Waals surface area contributed by atoms with Crippen molar-refractivity contribution in [2.45, 2.75) is 12.5 Å². The molecule has 1 aliphatic rings. The summed E-state index contributed by atoms with van der Waals surface area (Å²) >= 11 is 5.92. The fraction of sp³-hybridized carbons (Fsp3) is 0.667. The molecule has 1 heterocycles. The van der Waals surface area contributed by atoms with Gasteiger partial charge >= 0.3 is 0 Å². The van der Waals surface area contributed by atoms with Crippen LogP contribution in [0.4, 0.5) is 0 Å². The Morgan fingerprint density at radius 3 is 2.18 bits per heavy atom. The van der Waals surface area contributed by atoms with E-state index < -0.39 is 0 Å². The molecule has 1 atom stereocenters. The van der Waals surface area contributed by atoms with Crippen molar-refractivity contribution in [2.24, 2.45) is 0 Å². The summed E-state index contributed by atoms with van der Waals surface area (Å²) in [5.74, 6) is 0. The largest absolute Gasteiger partial charge is 0.347 e. The van der Waals surface area contributed by atoms with Crippen LogP contribution in [-0.2, 0) is 0 Å². The van der Waals surface area contributed by atoms with Crippen LogP contribution in [0.5, 0.6) is 0 Å². The molecule has 0 bridgehead atoms. The van der Waals surface area contributed by atoms with E-state index in [4.69, 9.17) is 11.6 Å². The third-order valence-corrected chi connectivity index (χ3v) is 2.03. The van der Waals surface area contributed by atoms with E-state index in [9.17, 15) is 0 Å². The summed E-state index contributed by atoms with van der Waals surface area (Å²) in [7, 11) is 1.96. The van der Waals surface area contributed by atoms with Crippen molar-refractivity contribution in [1.29, 1.82) is 0 Å². The first-order valence-electron chi connectivity index (χ1n) is 3.05. The highest BCUT2D eigenvalue weighted by Crippen LogP contribution is 2.15. The third kappa shape index (κ3) is 3.13. The second-order valence-electron chi connectivity index (χ2n) is 2.10. The summed E-state index contributed by atoms with van der Waals surface area (Å²) in [5.41, 5.74) is 0.0231. The second kappa shape index (κ2) is 6.02. The Morgan fingerprint density at radius 1 is 1.45 bits per heavy atom. The molecule has 1 unspecified atom stereocenters. The van der Waals surface area contributed by atoms with E-state index in [2.05, 4.69) is 11.8 Å². The molecule has 0 aromatic rings. The van der Waals surface area contributed by atoms with Gasteiger partial charge in [0.25, 0.3) is 0 Å². The van der Waals surface area contributed by atoms with Gasteiger partial charge in [-0.3, -0.25) is 0 Å². The van der Waals surface area contributed by atoms with Crippen LogP contribution in [-0.4, -0.2) is 46.4 Å². The standard InChI is InChI=1S/C6H11ClN2.Al.ClH.3H/c1-3-9-5-4-8(2)6(9)7;;;;;/h4-6H,3H2,1-2H3;;1H;;;. The van der Waals surface area contributed by atoms with Crippen LogP contribution in [0.1, 0.15) is 6.92 Å². The minimum absolute atomic E-state index is 0. The fourth-order valence-electron chi connectivity index (χ4n) is 0.823. The molecular formula is C6H15AlCl2N2. The van der Waals surface area contributed by atoms with Crippen molar-refractivity contribution < 1.29 is 0 Å². The van der Waals surface area contributed by atoms with E-state index in [0.717, 1.165) is 6.54 Å². The zero-order valence-corrected chi connectivity index (χ0v) is 7.69. The van der Waals surface area contributed by atoms with Crippen molar-refractivity contribution in [3.05, 3.63) is 12.4 Å². The first-order valence-corrected chi connectivity index (χ1v) is 3.49. The molecule has 2 nitrogen and oxygen atoms in total. The molecule has 0 fully saturated rings. The monoisotopic (exact) mass is 212 g/mol. The first-order chi connectivity index (χ1) is 4.25. The van der Waals surface area contributed by atoms with Gasteiger partial charge in [0.1, 0.15) is 0 Å². The van der Waals surface area contributed by atoms with Gasteiger partial charge in [0.15, 0.2) is 23.0 Å². The Morgan fingerprint density at radius 2 is 2.00 bits per heavy atom. The van der Waals surface area contributed by atoms with Crippen LogP contribution in [0.3, 0.4) is 0 Å². The molecule has 11 heavy (non-hydrogen) atoms. The molecule has 1 aliphatic heterocycles. The van der Waals surface area contributed by atoms with E-state index >= 15 is 0 Å². The number of rotatable bonds is 1. The van der Waals surface area contributed by atoms with Gasteiger partial charge in [-0.2, -0.15) is 0 Å². The number of hydrogen-bond donors (Lipinski definition) is 0. The smallest absolute Gasteiger partial charge is 0.187 e. The number of hydrogen-bond acceptors (Lipinski definition) is 2. The maximum Gasteiger partial charge on any atom is 0.187 e. The highest BCUT2D eigenvalue weighted by Gasteiger charge is 2.17. The Balaban J connectivity index is 0. The van der Waals surface area contributed by atoms with Crippen molar-refractivity contribution >= 4 is 41.4 Å². The predicted octanol–water partition coefficient (Wildman–Crippen LogP) is 0.485. The van der Waals surface area contributed by atoms with Crippen molar-refractivity contribution in [1.82, 2.24) is 9.80 Å². The molecular weight excluding hydrogens is 198 g/mol. The summed E-state index contributed by atoms with van der Waals surface area (Å²) in [4.78, 5) is 4.02. The maximum absolute atomic E-state index is 5.92. The molecule has 0 aliphatic carbocycles. The molecule has 66 valence electrons. The summed E-state index contributed by atoms with van der Waals surface area (Å²) < 4.78 is 0. The Bertz CT molecular complexity index is 132. The number of alkyl halides is 1. The molecule has 0 aromatic carbocycles. The summed E-state index contributed by atoms with van der Waals surface area (Å²) in [6.07, 6.45) is 3.97. The van der Waals surface area contributed by atoms with Gasteiger partial charge in [0.05, 0.1) is 0 Å². The summed E-state index contributed by atoms with van der Waals surface area (Å²) in [6, 6.07) is 0. The van der Waals surface area contributed by atoms with Crippen LogP contribution in [0.2, 0.25) is 0 Å². The van der Waals surface area contributed by atoms with E-state index in [0.29, 0.717) is 0 Å². The Hall–Kier alpha value is 0.452. The average Bonchev–Trinajstić information content (AvgIpc) is 2.15. The second-order valence-corrected chi connectivity index (χ2v) is 2.50. The van der Waals surface area contributed by atoms with Crippen molar-refractivity contribution in [3.63, 3.8) is 0 Å². The lowest BCUT2D eigenvalue weighted by atomic mass is 10.6. The average molecular weight is 213 g/mol.